The molecule has 5 heteroatoms. The van der Waals surface area contributed by atoms with E-state index in [0.29, 0.717) is 6.07 Å². The van der Waals surface area contributed by atoms with Crippen LogP contribution in [0.4, 0.5) is 8.78 Å². The number of halogens is 2. The van der Waals surface area contributed by atoms with E-state index in [9.17, 15) is 13.6 Å². The SMILES string of the molecule is NC(=O)C(N)c1cc(F)cc(F)c1. The first-order valence-electron chi connectivity index (χ1n) is 3.51. The van der Waals surface area contributed by atoms with Crippen LogP contribution in [0.2, 0.25) is 0 Å². The quantitative estimate of drug-likeness (QED) is 0.704. The van der Waals surface area contributed by atoms with Crippen molar-refractivity contribution in [3.05, 3.63) is 35.4 Å². The number of benzene rings is 1. The molecular weight excluding hydrogens is 178 g/mol. The lowest BCUT2D eigenvalue weighted by molar-refractivity contribution is -0.119. The standard InChI is InChI=1S/C8H8F2N2O/c9-5-1-4(2-6(10)3-5)7(11)8(12)13/h1-3,7H,11H2,(H2,12,13). The molecule has 1 aromatic carbocycles. The van der Waals surface area contributed by atoms with Crippen LogP contribution in [0.25, 0.3) is 0 Å². The predicted molar refractivity (Wildman–Crippen MR) is 42.5 cm³/mol. The van der Waals surface area contributed by atoms with E-state index in [1.165, 1.54) is 0 Å². The van der Waals surface area contributed by atoms with Gasteiger partial charge >= 0.3 is 0 Å². The summed E-state index contributed by atoms with van der Waals surface area (Å²) < 4.78 is 25.2. The Labute approximate surface area is 73.3 Å². The molecule has 1 unspecified atom stereocenters. The van der Waals surface area contributed by atoms with Crippen molar-refractivity contribution in [2.45, 2.75) is 6.04 Å². The second-order valence-corrected chi connectivity index (χ2v) is 2.58. The van der Waals surface area contributed by atoms with Gasteiger partial charge in [-0.3, -0.25) is 4.79 Å². The zero-order valence-electron chi connectivity index (χ0n) is 6.63. The van der Waals surface area contributed by atoms with E-state index < -0.39 is 23.6 Å². The molecule has 0 radical (unpaired) electrons. The molecule has 1 rings (SSSR count). The Morgan fingerprint density at radius 1 is 1.23 bits per heavy atom. The molecule has 13 heavy (non-hydrogen) atoms. The number of rotatable bonds is 2. The van der Waals surface area contributed by atoms with Gasteiger partial charge in [0.25, 0.3) is 0 Å². The second-order valence-electron chi connectivity index (χ2n) is 2.58. The van der Waals surface area contributed by atoms with Crippen molar-refractivity contribution < 1.29 is 13.6 Å². The first-order valence-corrected chi connectivity index (χ1v) is 3.51. The Morgan fingerprint density at radius 3 is 2.08 bits per heavy atom. The third-order valence-corrected chi connectivity index (χ3v) is 1.55. The number of carbonyl (C=O) groups is 1. The van der Waals surface area contributed by atoms with Crippen molar-refractivity contribution in [3.63, 3.8) is 0 Å². The Hall–Kier alpha value is -1.49. The van der Waals surface area contributed by atoms with Crippen molar-refractivity contribution >= 4 is 5.91 Å². The highest BCUT2D eigenvalue weighted by atomic mass is 19.1. The van der Waals surface area contributed by atoms with E-state index in [2.05, 4.69) is 0 Å². The summed E-state index contributed by atoms with van der Waals surface area (Å²) in [5.41, 5.74) is 10.2. The van der Waals surface area contributed by atoms with Gasteiger partial charge in [0.1, 0.15) is 17.7 Å². The van der Waals surface area contributed by atoms with Crippen LogP contribution in [-0.2, 0) is 4.79 Å². The summed E-state index contributed by atoms with van der Waals surface area (Å²) in [6.07, 6.45) is 0. The van der Waals surface area contributed by atoms with Gasteiger partial charge in [0.05, 0.1) is 0 Å². The maximum atomic E-state index is 12.6. The highest BCUT2D eigenvalue weighted by Gasteiger charge is 2.13. The molecule has 0 aliphatic heterocycles. The molecule has 0 aliphatic rings. The number of hydrogen-bond acceptors (Lipinski definition) is 2. The van der Waals surface area contributed by atoms with Gasteiger partial charge in [0, 0.05) is 6.07 Å². The summed E-state index contributed by atoms with van der Waals surface area (Å²) >= 11 is 0. The number of amides is 1. The summed E-state index contributed by atoms with van der Waals surface area (Å²) in [5.74, 6) is -2.40. The fourth-order valence-electron chi connectivity index (χ4n) is 0.919. The number of carbonyl (C=O) groups excluding carboxylic acids is 1. The molecule has 1 atom stereocenters. The Bertz CT molecular complexity index is 321. The fourth-order valence-corrected chi connectivity index (χ4v) is 0.919. The van der Waals surface area contributed by atoms with E-state index in [-0.39, 0.29) is 5.56 Å². The lowest BCUT2D eigenvalue weighted by Crippen LogP contribution is -2.28. The van der Waals surface area contributed by atoms with Gasteiger partial charge in [0.2, 0.25) is 5.91 Å². The van der Waals surface area contributed by atoms with Crippen LogP contribution < -0.4 is 11.5 Å². The molecule has 0 fully saturated rings. The van der Waals surface area contributed by atoms with Crippen LogP contribution in [0, 0.1) is 11.6 Å². The molecule has 1 amide bonds. The summed E-state index contributed by atoms with van der Waals surface area (Å²) in [6, 6.07) is 1.46. The summed E-state index contributed by atoms with van der Waals surface area (Å²) in [5, 5.41) is 0. The lowest BCUT2D eigenvalue weighted by atomic mass is 10.1. The zero-order chi connectivity index (χ0) is 10.0. The van der Waals surface area contributed by atoms with Crippen molar-refractivity contribution in [2.24, 2.45) is 11.5 Å². The summed E-state index contributed by atoms with van der Waals surface area (Å²) in [7, 11) is 0. The van der Waals surface area contributed by atoms with Gasteiger partial charge in [-0.1, -0.05) is 0 Å². The van der Waals surface area contributed by atoms with Crippen LogP contribution in [0.1, 0.15) is 11.6 Å². The molecule has 0 heterocycles. The van der Waals surface area contributed by atoms with Gasteiger partial charge < -0.3 is 11.5 Å². The third-order valence-electron chi connectivity index (χ3n) is 1.55. The van der Waals surface area contributed by atoms with Crippen LogP contribution in [0.5, 0.6) is 0 Å². The molecule has 3 nitrogen and oxygen atoms in total. The molecule has 70 valence electrons. The third kappa shape index (κ3) is 2.22. The van der Waals surface area contributed by atoms with E-state index >= 15 is 0 Å². The normalized spacial score (nSPS) is 12.5. The molecule has 1 aromatic rings. The Kier molecular flexibility index (Phi) is 2.57. The number of hydrogen-bond donors (Lipinski definition) is 2. The molecular formula is C8H8F2N2O. The highest BCUT2D eigenvalue weighted by Crippen LogP contribution is 2.13. The Balaban J connectivity index is 3.07. The molecule has 0 saturated heterocycles. The minimum absolute atomic E-state index is 0.0324. The van der Waals surface area contributed by atoms with Crippen LogP contribution >= 0.6 is 0 Å². The van der Waals surface area contributed by atoms with Gasteiger partial charge in [-0.2, -0.15) is 0 Å². The number of nitrogens with two attached hydrogens (primary N) is 2. The van der Waals surface area contributed by atoms with Crippen molar-refractivity contribution in [3.8, 4) is 0 Å². The molecule has 0 aromatic heterocycles. The topological polar surface area (TPSA) is 69.1 Å². The Morgan fingerprint density at radius 2 is 1.69 bits per heavy atom. The van der Waals surface area contributed by atoms with E-state index in [4.69, 9.17) is 11.5 Å². The maximum Gasteiger partial charge on any atom is 0.238 e. The molecule has 0 bridgehead atoms. The van der Waals surface area contributed by atoms with Crippen molar-refractivity contribution in [1.29, 1.82) is 0 Å². The molecule has 4 N–H and O–H groups in total. The van der Waals surface area contributed by atoms with E-state index in [1.54, 1.807) is 0 Å². The molecule has 0 spiro atoms. The van der Waals surface area contributed by atoms with Crippen molar-refractivity contribution in [1.82, 2.24) is 0 Å². The highest BCUT2D eigenvalue weighted by molar-refractivity contribution is 5.81. The second kappa shape index (κ2) is 3.49. The zero-order valence-corrected chi connectivity index (χ0v) is 6.63. The smallest absolute Gasteiger partial charge is 0.238 e. The first kappa shape index (κ1) is 9.60. The minimum Gasteiger partial charge on any atom is -0.368 e. The minimum atomic E-state index is -1.18. The van der Waals surface area contributed by atoms with Crippen LogP contribution in [0.3, 0.4) is 0 Å². The van der Waals surface area contributed by atoms with Gasteiger partial charge in [-0.15, -0.1) is 0 Å². The number of primary amides is 1. The van der Waals surface area contributed by atoms with Gasteiger partial charge in [0.15, 0.2) is 0 Å². The van der Waals surface area contributed by atoms with E-state index in [0.717, 1.165) is 12.1 Å². The first-order chi connectivity index (χ1) is 6.00. The maximum absolute atomic E-state index is 12.6. The average Bonchev–Trinajstić information content (AvgIpc) is 2.01. The summed E-state index contributed by atoms with van der Waals surface area (Å²) in [4.78, 5) is 10.6. The van der Waals surface area contributed by atoms with Crippen LogP contribution in [0.15, 0.2) is 18.2 Å². The summed E-state index contributed by atoms with van der Waals surface area (Å²) in [6.45, 7) is 0. The van der Waals surface area contributed by atoms with Gasteiger partial charge in [-0.05, 0) is 17.7 Å². The van der Waals surface area contributed by atoms with Crippen LogP contribution in [-0.4, -0.2) is 5.91 Å². The molecule has 0 saturated carbocycles. The average molecular weight is 186 g/mol. The predicted octanol–water partition coefficient (Wildman–Crippen LogP) is 0.450. The fraction of sp³-hybridized carbons (Fsp3) is 0.125. The van der Waals surface area contributed by atoms with Crippen molar-refractivity contribution in [2.75, 3.05) is 0 Å². The monoisotopic (exact) mass is 186 g/mol. The largest absolute Gasteiger partial charge is 0.368 e. The molecule has 0 aliphatic carbocycles. The van der Waals surface area contributed by atoms with E-state index in [1.807, 2.05) is 0 Å². The lowest BCUT2D eigenvalue weighted by Gasteiger charge is -2.07. The van der Waals surface area contributed by atoms with Gasteiger partial charge in [-0.25, -0.2) is 8.78 Å².